The van der Waals surface area contributed by atoms with Crippen LogP contribution in [0.2, 0.25) is 5.02 Å². The van der Waals surface area contributed by atoms with Crippen molar-refractivity contribution < 1.29 is 0 Å². The molecule has 120 valence electrons. The number of imidazole rings is 1. The molecule has 0 saturated carbocycles. The molecule has 0 aliphatic rings. The third-order valence-corrected chi connectivity index (χ3v) is 4.70. The summed E-state index contributed by atoms with van der Waals surface area (Å²) in [6, 6.07) is 21.3. The zero-order chi connectivity index (χ0) is 16.7. The van der Waals surface area contributed by atoms with E-state index in [0.717, 1.165) is 28.3 Å². The van der Waals surface area contributed by atoms with E-state index in [-0.39, 0.29) is 0 Å². The van der Waals surface area contributed by atoms with Crippen LogP contribution in [0.15, 0.2) is 60.7 Å². The highest BCUT2D eigenvalue weighted by atomic mass is 35.5. The number of benzene rings is 3. The molecule has 0 N–H and O–H groups in total. The summed E-state index contributed by atoms with van der Waals surface area (Å²) in [6.45, 7) is 4.39. The van der Waals surface area contributed by atoms with Gasteiger partial charge in [0.25, 0.3) is 0 Å². The zero-order valence-electron chi connectivity index (χ0n) is 13.8. The van der Waals surface area contributed by atoms with E-state index in [4.69, 9.17) is 16.6 Å². The molecule has 0 fully saturated rings. The Bertz CT molecular complexity index is 1030. The molecule has 4 aromatic rings. The highest BCUT2D eigenvalue weighted by molar-refractivity contribution is 6.31. The second-order valence-corrected chi connectivity index (χ2v) is 6.88. The van der Waals surface area contributed by atoms with E-state index in [1.54, 1.807) is 0 Å². The van der Waals surface area contributed by atoms with Gasteiger partial charge in [0.2, 0.25) is 0 Å². The lowest BCUT2D eigenvalue weighted by molar-refractivity contribution is 0.592. The van der Waals surface area contributed by atoms with Crippen LogP contribution in [-0.4, -0.2) is 9.55 Å². The van der Waals surface area contributed by atoms with Crippen molar-refractivity contribution in [3.8, 4) is 0 Å². The van der Waals surface area contributed by atoms with Crippen LogP contribution in [0, 0.1) is 0 Å². The molecule has 3 aromatic carbocycles. The summed E-state index contributed by atoms with van der Waals surface area (Å²) in [6.07, 6.45) is 0.811. The maximum Gasteiger partial charge on any atom is 0.114 e. The molecule has 0 aliphatic carbocycles. The lowest BCUT2D eigenvalue weighted by Crippen LogP contribution is -2.07. The Labute approximate surface area is 146 Å². The standard InChI is InChI=1S/C21H19ClN2/c1-14(2)24-20-11-10-17(22)13-19(20)23-21(24)12-16-8-5-7-15-6-3-4-9-18(15)16/h3-11,13-14H,12H2,1-2H3. The molecule has 3 heteroatoms. The van der Waals surface area contributed by atoms with Gasteiger partial charge in [0.05, 0.1) is 11.0 Å². The molecule has 0 atom stereocenters. The van der Waals surface area contributed by atoms with Crippen LogP contribution in [0.25, 0.3) is 21.8 Å². The van der Waals surface area contributed by atoms with Gasteiger partial charge in [-0.15, -0.1) is 0 Å². The molecule has 0 aliphatic heterocycles. The van der Waals surface area contributed by atoms with Gasteiger partial charge in [0, 0.05) is 17.5 Å². The molecule has 1 heterocycles. The van der Waals surface area contributed by atoms with Crippen LogP contribution < -0.4 is 0 Å². The topological polar surface area (TPSA) is 17.8 Å². The van der Waals surface area contributed by atoms with Crippen molar-refractivity contribution in [1.29, 1.82) is 0 Å². The molecule has 0 amide bonds. The number of hydrogen-bond donors (Lipinski definition) is 0. The Balaban J connectivity index is 1.88. The zero-order valence-corrected chi connectivity index (χ0v) is 14.6. The van der Waals surface area contributed by atoms with E-state index in [2.05, 4.69) is 66.9 Å². The first-order valence-electron chi connectivity index (χ1n) is 8.26. The van der Waals surface area contributed by atoms with Gasteiger partial charge >= 0.3 is 0 Å². The van der Waals surface area contributed by atoms with E-state index in [0.29, 0.717) is 6.04 Å². The van der Waals surface area contributed by atoms with Gasteiger partial charge < -0.3 is 4.57 Å². The second kappa shape index (κ2) is 5.95. The number of rotatable bonds is 3. The Morgan fingerprint density at radius 2 is 1.79 bits per heavy atom. The SMILES string of the molecule is CC(C)n1c(Cc2cccc3ccccc23)nc2cc(Cl)ccc21. The molecule has 4 rings (SSSR count). The first kappa shape index (κ1) is 15.2. The van der Waals surface area contributed by atoms with Crippen molar-refractivity contribution in [2.24, 2.45) is 0 Å². The molecule has 0 unspecified atom stereocenters. The van der Waals surface area contributed by atoms with Gasteiger partial charge in [-0.05, 0) is 48.4 Å². The normalized spacial score (nSPS) is 11.7. The average Bonchev–Trinajstić information content (AvgIpc) is 2.92. The first-order valence-corrected chi connectivity index (χ1v) is 8.64. The summed E-state index contributed by atoms with van der Waals surface area (Å²) in [5.41, 5.74) is 3.41. The van der Waals surface area contributed by atoms with Crippen molar-refractivity contribution in [3.05, 3.63) is 77.1 Å². The number of halogens is 1. The highest BCUT2D eigenvalue weighted by Crippen LogP contribution is 2.27. The minimum absolute atomic E-state index is 0.348. The Hall–Kier alpha value is -2.32. The van der Waals surface area contributed by atoms with Crippen molar-refractivity contribution in [3.63, 3.8) is 0 Å². The molecule has 0 spiro atoms. The molecule has 2 nitrogen and oxygen atoms in total. The maximum atomic E-state index is 6.15. The molecular weight excluding hydrogens is 316 g/mol. The predicted octanol–water partition coefficient (Wildman–Crippen LogP) is 6.01. The van der Waals surface area contributed by atoms with Crippen molar-refractivity contribution in [1.82, 2.24) is 9.55 Å². The van der Waals surface area contributed by atoms with E-state index in [9.17, 15) is 0 Å². The fraction of sp³-hybridized carbons (Fsp3) is 0.190. The van der Waals surface area contributed by atoms with Crippen LogP contribution in [0.1, 0.15) is 31.3 Å². The van der Waals surface area contributed by atoms with Crippen LogP contribution in [0.4, 0.5) is 0 Å². The lowest BCUT2D eigenvalue weighted by atomic mass is 10.0. The van der Waals surface area contributed by atoms with Crippen LogP contribution in [-0.2, 0) is 6.42 Å². The van der Waals surface area contributed by atoms with Gasteiger partial charge in [-0.1, -0.05) is 54.1 Å². The summed E-state index contributed by atoms with van der Waals surface area (Å²) < 4.78 is 2.31. The van der Waals surface area contributed by atoms with E-state index >= 15 is 0 Å². The monoisotopic (exact) mass is 334 g/mol. The Morgan fingerprint density at radius 1 is 1.00 bits per heavy atom. The summed E-state index contributed by atoms with van der Waals surface area (Å²) >= 11 is 6.15. The van der Waals surface area contributed by atoms with Gasteiger partial charge in [0.15, 0.2) is 0 Å². The third kappa shape index (κ3) is 2.57. The van der Waals surface area contributed by atoms with E-state index in [1.807, 2.05) is 12.1 Å². The number of aromatic nitrogens is 2. The average molecular weight is 335 g/mol. The van der Waals surface area contributed by atoms with Gasteiger partial charge in [-0.3, -0.25) is 0 Å². The number of fused-ring (bicyclic) bond motifs is 2. The quantitative estimate of drug-likeness (QED) is 0.448. The number of hydrogen-bond acceptors (Lipinski definition) is 1. The first-order chi connectivity index (χ1) is 11.6. The Kier molecular flexibility index (Phi) is 3.78. The van der Waals surface area contributed by atoms with Gasteiger partial charge in [0.1, 0.15) is 5.82 Å². The molecule has 0 radical (unpaired) electrons. The summed E-state index contributed by atoms with van der Waals surface area (Å²) in [5, 5.41) is 3.29. The van der Waals surface area contributed by atoms with Crippen molar-refractivity contribution in [2.75, 3.05) is 0 Å². The molecule has 0 saturated heterocycles. The molecular formula is C21H19ClN2. The summed E-state index contributed by atoms with van der Waals surface area (Å²) in [5.74, 6) is 1.08. The van der Waals surface area contributed by atoms with Crippen LogP contribution in [0.5, 0.6) is 0 Å². The largest absolute Gasteiger partial charge is 0.325 e. The highest BCUT2D eigenvalue weighted by Gasteiger charge is 2.15. The fourth-order valence-corrected chi connectivity index (χ4v) is 3.61. The summed E-state index contributed by atoms with van der Waals surface area (Å²) in [7, 11) is 0. The minimum Gasteiger partial charge on any atom is -0.325 e. The minimum atomic E-state index is 0.348. The van der Waals surface area contributed by atoms with E-state index in [1.165, 1.54) is 16.3 Å². The maximum absolute atomic E-state index is 6.15. The summed E-state index contributed by atoms with van der Waals surface area (Å²) in [4.78, 5) is 4.88. The van der Waals surface area contributed by atoms with Gasteiger partial charge in [-0.25, -0.2) is 4.98 Å². The molecule has 1 aromatic heterocycles. The Morgan fingerprint density at radius 3 is 2.62 bits per heavy atom. The fourth-order valence-electron chi connectivity index (χ4n) is 3.44. The van der Waals surface area contributed by atoms with Crippen LogP contribution >= 0.6 is 11.6 Å². The van der Waals surface area contributed by atoms with E-state index < -0.39 is 0 Å². The van der Waals surface area contributed by atoms with Crippen molar-refractivity contribution >= 4 is 33.4 Å². The van der Waals surface area contributed by atoms with Gasteiger partial charge in [-0.2, -0.15) is 0 Å². The molecule has 0 bridgehead atoms. The van der Waals surface area contributed by atoms with Crippen LogP contribution in [0.3, 0.4) is 0 Å². The predicted molar refractivity (Wildman–Crippen MR) is 102 cm³/mol. The molecule has 24 heavy (non-hydrogen) atoms. The third-order valence-electron chi connectivity index (χ3n) is 4.47. The smallest absolute Gasteiger partial charge is 0.114 e. The second-order valence-electron chi connectivity index (χ2n) is 6.44. The number of nitrogens with zero attached hydrogens (tertiary/aromatic N) is 2. The van der Waals surface area contributed by atoms with Crippen molar-refractivity contribution in [2.45, 2.75) is 26.3 Å². The lowest BCUT2D eigenvalue weighted by Gasteiger charge is -2.14.